The third-order valence-electron chi connectivity index (χ3n) is 6.86. The van der Waals surface area contributed by atoms with E-state index < -0.39 is 47.3 Å². The maximum absolute atomic E-state index is 14.8. The molecule has 40 heavy (non-hydrogen) atoms. The maximum atomic E-state index is 14.8. The van der Waals surface area contributed by atoms with E-state index in [1.165, 1.54) is 30.3 Å². The van der Waals surface area contributed by atoms with Crippen molar-refractivity contribution in [3.63, 3.8) is 0 Å². The summed E-state index contributed by atoms with van der Waals surface area (Å²) in [5.41, 5.74) is -0.00772. The number of carbonyl (C=O) groups is 1. The van der Waals surface area contributed by atoms with E-state index in [1.54, 1.807) is 13.0 Å². The minimum Gasteiger partial charge on any atom is -0.491 e. The molecule has 9 heteroatoms. The summed E-state index contributed by atoms with van der Waals surface area (Å²) in [4.78, 5) is 12.7. The van der Waals surface area contributed by atoms with Gasteiger partial charge in [0.1, 0.15) is 11.9 Å². The molecule has 4 nitrogen and oxygen atoms in total. The molecule has 3 aromatic carbocycles. The van der Waals surface area contributed by atoms with Gasteiger partial charge in [-0.1, -0.05) is 37.6 Å². The molecule has 0 saturated carbocycles. The molecule has 212 valence electrons. The van der Waals surface area contributed by atoms with Gasteiger partial charge in [-0.05, 0) is 61.6 Å². The van der Waals surface area contributed by atoms with Gasteiger partial charge in [0, 0.05) is 23.1 Å². The number of aliphatic hydroxyl groups is 1. The Morgan fingerprint density at radius 1 is 0.950 bits per heavy atom. The highest BCUT2D eigenvalue weighted by molar-refractivity contribution is 5.90. The van der Waals surface area contributed by atoms with Crippen molar-refractivity contribution in [2.75, 3.05) is 6.61 Å². The van der Waals surface area contributed by atoms with Crippen LogP contribution in [-0.4, -0.2) is 23.8 Å². The van der Waals surface area contributed by atoms with E-state index in [9.17, 15) is 31.9 Å². The number of hydrogen-bond acceptors (Lipinski definition) is 4. The number of halogens is 5. The normalized spacial score (nSPS) is 15.9. The van der Waals surface area contributed by atoms with Crippen molar-refractivity contribution in [3.05, 3.63) is 94.3 Å². The first kappa shape index (κ1) is 29.3. The SMILES string of the molecule is CCCC(O)c1ccc(C2=CCC(OC(=O)c3ccc(-c4ccc(OCC)c(F)c4F)cc3F)CC2)c(F)c1F. The van der Waals surface area contributed by atoms with E-state index in [0.29, 0.717) is 24.8 Å². The van der Waals surface area contributed by atoms with Gasteiger partial charge < -0.3 is 14.6 Å². The third-order valence-corrected chi connectivity index (χ3v) is 6.86. The minimum atomic E-state index is -1.20. The first-order chi connectivity index (χ1) is 19.2. The highest BCUT2D eigenvalue weighted by Gasteiger charge is 2.26. The number of rotatable bonds is 9. The molecule has 0 aliphatic heterocycles. The highest BCUT2D eigenvalue weighted by Crippen LogP contribution is 2.34. The lowest BCUT2D eigenvalue weighted by Crippen LogP contribution is -2.21. The zero-order chi connectivity index (χ0) is 29.0. The summed E-state index contributed by atoms with van der Waals surface area (Å²) in [7, 11) is 0. The molecule has 0 amide bonds. The Hall–Kier alpha value is -3.72. The lowest BCUT2D eigenvalue weighted by atomic mass is 9.90. The van der Waals surface area contributed by atoms with Gasteiger partial charge in [0.15, 0.2) is 23.2 Å². The lowest BCUT2D eigenvalue weighted by Gasteiger charge is -2.23. The number of allylic oxidation sites excluding steroid dienone is 1. The molecule has 0 fully saturated rings. The van der Waals surface area contributed by atoms with Crippen LogP contribution in [0.5, 0.6) is 5.75 Å². The maximum Gasteiger partial charge on any atom is 0.341 e. The van der Waals surface area contributed by atoms with Crippen LogP contribution >= 0.6 is 0 Å². The van der Waals surface area contributed by atoms with Crippen LogP contribution in [0.2, 0.25) is 0 Å². The first-order valence-electron chi connectivity index (χ1n) is 13.1. The molecule has 0 spiro atoms. The summed E-state index contributed by atoms with van der Waals surface area (Å²) in [6, 6.07) is 8.66. The van der Waals surface area contributed by atoms with E-state index in [2.05, 4.69) is 0 Å². The molecule has 4 rings (SSSR count). The molecular weight excluding hydrogens is 531 g/mol. The van der Waals surface area contributed by atoms with Crippen LogP contribution in [0.25, 0.3) is 16.7 Å². The smallest absolute Gasteiger partial charge is 0.341 e. The zero-order valence-electron chi connectivity index (χ0n) is 22.1. The number of benzene rings is 3. The van der Waals surface area contributed by atoms with E-state index in [-0.39, 0.29) is 53.0 Å². The highest BCUT2D eigenvalue weighted by atomic mass is 19.2. The second-order valence-corrected chi connectivity index (χ2v) is 9.53. The van der Waals surface area contributed by atoms with Crippen molar-refractivity contribution >= 4 is 11.5 Å². The van der Waals surface area contributed by atoms with Crippen LogP contribution in [0.3, 0.4) is 0 Å². The predicted molar refractivity (Wildman–Crippen MR) is 140 cm³/mol. The largest absolute Gasteiger partial charge is 0.491 e. The quantitative estimate of drug-likeness (QED) is 0.212. The average Bonchev–Trinajstić information content (AvgIpc) is 2.93. The third kappa shape index (κ3) is 6.04. The van der Waals surface area contributed by atoms with Gasteiger partial charge in [-0.15, -0.1) is 0 Å². The Bertz CT molecular complexity index is 1440. The van der Waals surface area contributed by atoms with Crippen molar-refractivity contribution in [1.82, 2.24) is 0 Å². The molecule has 0 saturated heterocycles. The zero-order valence-corrected chi connectivity index (χ0v) is 22.1. The molecule has 0 bridgehead atoms. The number of aliphatic hydroxyl groups excluding tert-OH is 1. The van der Waals surface area contributed by atoms with E-state index in [0.717, 1.165) is 12.1 Å². The van der Waals surface area contributed by atoms with Crippen LogP contribution in [0.4, 0.5) is 22.0 Å². The summed E-state index contributed by atoms with van der Waals surface area (Å²) < 4.78 is 83.4. The van der Waals surface area contributed by atoms with Crippen LogP contribution in [0.1, 0.15) is 73.5 Å². The summed E-state index contributed by atoms with van der Waals surface area (Å²) in [6.07, 6.45) is 1.66. The molecule has 3 aromatic rings. The van der Waals surface area contributed by atoms with Gasteiger partial charge >= 0.3 is 5.97 Å². The molecule has 1 aliphatic rings. The van der Waals surface area contributed by atoms with E-state index in [1.807, 2.05) is 6.92 Å². The summed E-state index contributed by atoms with van der Waals surface area (Å²) in [5, 5.41) is 10.1. The molecule has 0 heterocycles. The van der Waals surface area contributed by atoms with Gasteiger partial charge in [0.2, 0.25) is 5.82 Å². The fourth-order valence-electron chi connectivity index (χ4n) is 4.75. The summed E-state index contributed by atoms with van der Waals surface area (Å²) in [6.45, 7) is 3.60. The standard InChI is InChI=1S/C31H29F5O4/c1-3-5-25(37)23-13-12-20(27(33)29(23)35)17-6-9-19(10-7-17)40-31(38)22-11-8-18(16-24(22)32)21-14-15-26(39-4-2)30(36)28(21)34/h6,8,11-16,19,25,37H,3-5,7,9-10H2,1-2H3. The second-order valence-electron chi connectivity index (χ2n) is 9.53. The fourth-order valence-corrected chi connectivity index (χ4v) is 4.75. The van der Waals surface area contributed by atoms with Crippen molar-refractivity contribution in [1.29, 1.82) is 0 Å². The molecule has 0 radical (unpaired) electrons. The van der Waals surface area contributed by atoms with Gasteiger partial charge in [-0.25, -0.2) is 22.4 Å². The van der Waals surface area contributed by atoms with Gasteiger partial charge in [0.05, 0.1) is 18.3 Å². The topological polar surface area (TPSA) is 55.8 Å². The Morgan fingerprint density at radius 2 is 1.68 bits per heavy atom. The Kier molecular flexibility index (Phi) is 9.25. The van der Waals surface area contributed by atoms with Crippen LogP contribution < -0.4 is 4.74 Å². The van der Waals surface area contributed by atoms with Crippen LogP contribution in [-0.2, 0) is 4.74 Å². The summed E-state index contributed by atoms with van der Waals surface area (Å²) >= 11 is 0. The van der Waals surface area contributed by atoms with Crippen molar-refractivity contribution < 1.29 is 41.3 Å². The summed E-state index contributed by atoms with van der Waals surface area (Å²) in [5.74, 6) is -6.68. The molecule has 0 aromatic heterocycles. The van der Waals surface area contributed by atoms with Gasteiger partial charge in [0.25, 0.3) is 0 Å². The van der Waals surface area contributed by atoms with Crippen LogP contribution in [0.15, 0.2) is 48.5 Å². The first-order valence-corrected chi connectivity index (χ1v) is 13.1. The monoisotopic (exact) mass is 560 g/mol. The van der Waals surface area contributed by atoms with E-state index >= 15 is 0 Å². The fraction of sp³-hybridized carbons (Fsp3) is 0.323. The molecule has 1 aliphatic carbocycles. The average molecular weight is 561 g/mol. The van der Waals surface area contributed by atoms with Crippen LogP contribution in [0, 0.1) is 29.1 Å². The molecule has 2 unspecified atom stereocenters. The Morgan fingerprint density at radius 3 is 2.33 bits per heavy atom. The minimum absolute atomic E-state index is 0.0289. The molecule has 2 atom stereocenters. The Labute approximate surface area is 229 Å². The van der Waals surface area contributed by atoms with Crippen molar-refractivity contribution in [3.8, 4) is 16.9 Å². The lowest BCUT2D eigenvalue weighted by molar-refractivity contribution is 0.0280. The van der Waals surface area contributed by atoms with Gasteiger partial charge in [-0.3, -0.25) is 0 Å². The molecule has 1 N–H and O–H groups in total. The number of ether oxygens (including phenoxy) is 2. The number of esters is 1. The Balaban J connectivity index is 1.44. The molecular formula is C31H29F5O4. The van der Waals surface area contributed by atoms with Gasteiger partial charge in [-0.2, -0.15) is 4.39 Å². The van der Waals surface area contributed by atoms with E-state index in [4.69, 9.17) is 9.47 Å². The number of hydrogen-bond donors (Lipinski definition) is 1. The second kappa shape index (κ2) is 12.6. The van der Waals surface area contributed by atoms with Crippen molar-refractivity contribution in [2.24, 2.45) is 0 Å². The predicted octanol–water partition coefficient (Wildman–Crippen LogP) is 8.07. The number of carbonyl (C=O) groups excluding carboxylic acids is 1. The van der Waals surface area contributed by atoms with Crippen molar-refractivity contribution in [2.45, 2.75) is 58.2 Å².